The Morgan fingerprint density at radius 3 is 2.31 bits per heavy atom. The molecule has 82 valence electrons. The number of Topliss-reactive ketones (excluding diaryl/α,β-unsaturated/α-hetero) is 1. The normalized spacial score (nSPS) is 14.2. The van der Waals surface area contributed by atoms with E-state index >= 15 is 0 Å². The van der Waals surface area contributed by atoms with E-state index in [0.717, 1.165) is 15.4 Å². The molecule has 0 radical (unpaired) electrons. The van der Waals surface area contributed by atoms with Crippen LogP contribution in [0, 0.1) is 0 Å². The molecular formula is C13H12OS2. The largest absolute Gasteiger partial charge is 0.294 e. The van der Waals surface area contributed by atoms with Crippen LogP contribution < -0.4 is 0 Å². The summed E-state index contributed by atoms with van der Waals surface area (Å²) in [6, 6.07) is 9.90. The molecule has 0 aliphatic carbocycles. The lowest BCUT2D eigenvalue weighted by molar-refractivity contribution is -0.113. The zero-order valence-corrected chi connectivity index (χ0v) is 10.6. The van der Waals surface area contributed by atoms with Crippen molar-refractivity contribution in [3.63, 3.8) is 0 Å². The molecule has 0 saturated carbocycles. The van der Waals surface area contributed by atoms with Gasteiger partial charge in [0.2, 0.25) is 0 Å². The summed E-state index contributed by atoms with van der Waals surface area (Å²) < 4.78 is 1.10. The Kier molecular flexibility index (Phi) is 3.91. The quantitative estimate of drug-likeness (QED) is 0.743. The van der Waals surface area contributed by atoms with Crippen LogP contribution in [0.15, 0.2) is 45.4 Å². The predicted octanol–water partition coefficient (Wildman–Crippen LogP) is 4.29. The van der Waals surface area contributed by atoms with Crippen LogP contribution in [0.4, 0.5) is 0 Å². The van der Waals surface area contributed by atoms with Gasteiger partial charge in [0.25, 0.3) is 0 Å². The maximum atomic E-state index is 12.0. The molecule has 1 heterocycles. The fraction of sp³-hybridized carbons (Fsp3) is 0.154. The molecule has 1 aromatic carbocycles. The predicted molar refractivity (Wildman–Crippen MR) is 73.0 cm³/mol. The number of rotatable bonds is 3. The van der Waals surface area contributed by atoms with Crippen LogP contribution in [-0.2, 0) is 4.79 Å². The van der Waals surface area contributed by atoms with Crippen molar-refractivity contribution >= 4 is 34.9 Å². The summed E-state index contributed by atoms with van der Waals surface area (Å²) >= 11 is 3.26. The number of ketones is 1. The zero-order valence-electron chi connectivity index (χ0n) is 8.97. The van der Waals surface area contributed by atoms with Crippen LogP contribution in [0.1, 0.15) is 18.9 Å². The lowest BCUT2D eigenvalue weighted by Gasteiger charge is -2.08. The minimum absolute atomic E-state index is 0.213. The van der Waals surface area contributed by atoms with Crippen LogP contribution in [0.5, 0.6) is 0 Å². The molecule has 0 atom stereocenters. The van der Waals surface area contributed by atoms with Gasteiger partial charge in [0.1, 0.15) is 0 Å². The van der Waals surface area contributed by atoms with Crippen molar-refractivity contribution in [2.75, 3.05) is 0 Å². The van der Waals surface area contributed by atoms with Gasteiger partial charge in [-0.2, -0.15) is 0 Å². The standard InChI is InChI=1S/C13H12OS2/c1-2-11(14)12(13-15-8-9-16-13)10-6-4-3-5-7-10/h3-9H,2H2,1H3. The summed E-state index contributed by atoms with van der Waals surface area (Å²) in [6.45, 7) is 1.91. The summed E-state index contributed by atoms with van der Waals surface area (Å²) in [5.41, 5.74) is 1.89. The Hall–Kier alpha value is -0.930. The number of allylic oxidation sites excluding steroid dienone is 1. The number of carbonyl (C=O) groups is 1. The molecule has 2 rings (SSSR count). The van der Waals surface area contributed by atoms with Gasteiger partial charge in [-0.25, -0.2) is 0 Å². The highest BCUT2D eigenvalue weighted by atomic mass is 32.2. The van der Waals surface area contributed by atoms with Gasteiger partial charge in [-0.05, 0) is 16.4 Å². The van der Waals surface area contributed by atoms with Gasteiger partial charge in [0.05, 0.1) is 4.24 Å². The van der Waals surface area contributed by atoms with E-state index in [1.54, 1.807) is 23.5 Å². The molecule has 0 aromatic heterocycles. The molecular weight excluding hydrogens is 236 g/mol. The van der Waals surface area contributed by atoms with Crippen molar-refractivity contribution < 1.29 is 4.79 Å². The highest BCUT2D eigenvalue weighted by Crippen LogP contribution is 2.43. The Balaban J connectivity index is 2.44. The maximum Gasteiger partial charge on any atom is 0.164 e. The molecule has 16 heavy (non-hydrogen) atoms. The molecule has 0 fully saturated rings. The number of hydrogen-bond acceptors (Lipinski definition) is 3. The van der Waals surface area contributed by atoms with E-state index in [-0.39, 0.29) is 5.78 Å². The highest BCUT2D eigenvalue weighted by Gasteiger charge is 2.17. The average molecular weight is 248 g/mol. The molecule has 3 heteroatoms. The van der Waals surface area contributed by atoms with Crippen molar-refractivity contribution in [3.8, 4) is 0 Å². The minimum Gasteiger partial charge on any atom is -0.294 e. The fourth-order valence-electron chi connectivity index (χ4n) is 1.50. The summed E-state index contributed by atoms with van der Waals surface area (Å²) in [7, 11) is 0. The fourth-order valence-corrected chi connectivity index (χ4v) is 3.45. The molecule has 0 bridgehead atoms. The van der Waals surface area contributed by atoms with E-state index in [9.17, 15) is 4.79 Å². The van der Waals surface area contributed by atoms with Gasteiger partial charge in [-0.1, -0.05) is 60.8 Å². The highest BCUT2D eigenvalue weighted by molar-refractivity contribution is 8.27. The molecule has 0 unspecified atom stereocenters. The lowest BCUT2D eigenvalue weighted by atomic mass is 10.0. The van der Waals surface area contributed by atoms with Gasteiger partial charge in [-0.3, -0.25) is 4.79 Å². The summed E-state index contributed by atoms with van der Waals surface area (Å²) in [4.78, 5) is 12.0. The average Bonchev–Trinajstić information content (AvgIpc) is 2.84. The van der Waals surface area contributed by atoms with Crippen LogP contribution in [0.25, 0.3) is 5.57 Å². The van der Waals surface area contributed by atoms with Crippen molar-refractivity contribution in [1.29, 1.82) is 0 Å². The maximum absolute atomic E-state index is 12.0. The van der Waals surface area contributed by atoms with Crippen molar-refractivity contribution in [2.45, 2.75) is 13.3 Å². The Morgan fingerprint density at radius 1 is 1.12 bits per heavy atom. The SMILES string of the molecule is CCC(=O)C(=C1SC=CS1)c1ccccc1. The number of hydrogen-bond donors (Lipinski definition) is 0. The number of benzene rings is 1. The molecule has 1 aliphatic rings. The van der Waals surface area contributed by atoms with Crippen LogP contribution in [-0.4, -0.2) is 5.78 Å². The first-order chi connectivity index (χ1) is 7.83. The molecule has 1 nitrogen and oxygen atoms in total. The lowest BCUT2D eigenvalue weighted by Crippen LogP contribution is -2.01. The van der Waals surface area contributed by atoms with Gasteiger partial charge >= 0.3 is 0 Å². The first kappa shape index (κ1) is 11.6. The summed E-state index contributed by atoms with van der Waals surface area (Å²) in [6.07, 6.45) is 0.550. The third-order valence-corrected chi connectivity index (χ3v) is 4.40. The summed E-state index contributed by atoms with van der Waals surface area (Å²) in [5.74, 6) is 0.213. The minimum atomic E-state index is 0.213. The topological polar surface area (TPSA) is 17.1 Å². The van der Waals surface area contributed by atoms with Crippen LogP contribution in [0.3, 0.4) is 0 Å². The second-order valence-corrected chi connectivity index (χ2v) is 5.40. The molecule has 0 spiro atoms. The Bertz CT molecular complexity index is 436. The van der Waals surface area contributed by atoms with Gasteiger partial charge in [0.15, 0.2) is 5.78 Å². The summed E-state index contributed by atoms with van der Waals surface area (Å²) in [5, 5.41) is 4.04. The smallest absolute Gasteiger partial charge is 0.164 e. The van der Waals surface area contributed by atoms with Crippen LogP contribution >= 0.6 is 23.5 Å². The first-order valence-electron chi connectivity index (χ1n) is 5.14. The second-order valence-electron chi connectivity index (χ2n) is 3.31. The van der Waals surface area contributed by atoms with E-state index in [1.807, 2.05) is 48.1 Å². The van der Waals surface area contributed by atoms with Crippen molar-refractivity contribution in [1.82, 2.24) is 0 Å². The third kappa shape index (κ3) is 2.42. The molecule has 1 aromatic rings. The van der Waals surface area contributed by atoms with Crippen LogP contribution in [0.2, 0.25) is 0 Å². The van der Waals surface area contributed by atoms with E-state index < -0.39 is 0 Å². The number of carbonyl (C=O) groups excluding carboxylic acids is 1. The van der Waals surface area contributed by atoms with E-state index in [0.29, 0.717) is 6.42 Å². The Labute approximate surface area is 104 Å². The molecule has 0 saturated heterocycles. The molecule has 1 aliphatic heterocycles. The monoisotopic (exact) mass is 248 g/mol. The Morgan fingerprint density at radius 2 is 1.75 bits per heavy atom. The molecule has 0 amide bonds. The van der Waals surface area contributed by atoms with Crippen molar-refractivity contribution in [2.24, 2.45) is 0 Å². The van der Waals surface area contributed by atoms with Crippen molar-refractivity contribution in [3.05, 3.63) is 50.9 Å². The third-order valence-electron chi connectivity index (χ3n) is 2.27. The second kappa shape index (κ2) is 5.41. The number of thioether (sulfide) groups is 2. The van der Waals surface area contributed by atoms with Gasteiger partial charge in [0, 0.05) is 12.0 Å². The van der Waals surface area contributed by atoms with E-state index in [2.05, 4.69) is 0 Å². The molecule has 0 N–H and O–H groups in total. The van der Waals surface area contributed by atoms with E-state index in [4.69, 9.17) is 0 Å². The first-order valence-corrected chi connectivity index (χ1v) is 6.90. The van der Waals surface area contributed by atoms with Gasteiger partial charge in [-0.15, -0.1) is 0 Å². The zero-order chi connectivity index (χ0) is 11.4. The van der Waals surface area contributed by atoms with E-state index in [1.165, 1.54) is 0 Å². The van der Waals surface area contributed by atoms with Gasteiger partial charge < -0.3 is 0 Å².